The van der Waals surface area contributed by atoms with Crippen LogP contribution in [0, 0.1) is 17.5 Å². The highest BCUT2D eigenvalue weighted by Gasteiger charge is 2.39. The maximum absolute atomic E-state index is 17.4. The number of nitrogens with one attached hydrogen (secondary N) is 1. The Morgan fingerprint density at radius 1 is 0.879 bits per heavy atom. The highest BCUT2D eigenvalue weighted by molar-refractivity contribution is 7.86. The van der Waals surface area contributed by atoms with Gasteiger partial charge in [-0.2, -0.15) is 8.42 Å². The zero-order valence-corrected chi connectivity index (χ0v) is 39.8. The molecule has 2 N–H and O–H groups in total. The number of benzene rings is 3. The topological polar surface area (TPSA) is 209 Å². The number of hydrogen-bond donors (Lipinski definition) is 2. The van der Waals surface area contributed by atoms with Crippen LogP contribution in [-0.4, -0.2) is 107 Å². The molecule has 15 nitrogen and oxygen atoms in total. The minimum Gasteiger partial charge on any atom is -0.545 e. The lowest BCUT2D eigenvalue weighted by Crippen LogP contribution is -2.47. The van der Waals surface area contributed by atoms with Crippen molar-refractivity contribution in [1.29, 1.82) is 0 Å². The van der Waals surface area contributed by atoms with E-state index in [1.54, 1.807) is 31.3 Å². The minimum absolute atomic E-state index is 0.0267. The van der Waals surface area contributed by atoms with Gasteiger partial charge in [-0.1, -0.05) is 18.9 Å². The number of nitrogens with zero attached hydrogens (tertiary/aromatic N) is 2. The Labute approximate surface area is 387 Å². The van der Waals surface area contributed by atoms with Crippen molar-refractivity contribution in [2.75, 3.05) is 63.6 Å². The molecule has 358 valence electrons. The predicted molar refractivity (Wildman–Crippen MR) is 239 cm³/mol. The van der Waals surface area contributed by atoms with Crippen LogP contribution in [0.3, 0.4) is 0 Å². The summed E-state index contributed by atoms with van der Waals surface area (Å²) in [7, 11) is -4.11. The van der Waals surface area contributed by atoms with E-state index in [-0.39, 0.29) is 65.4 Å². The number of amides is 1. The van der Waals surface area contributed by atoms with Crippen molar-refractivity contribution >= 4 is 66.6 Å². The third-order valence-electron chi connectivity index (χ3n) is 11.7. The number of likely N-dealkylation sites (N-methyl/N-ethyl adjacent to an activating group) is 2. The van der Waals surface area contributed by atoms with Gasteiger partial charge in [0.05, 0.1) is 43.0 Å². The number of ether oxygens (including phenoxy) is 3. The number of carboxylic acids is 1. The van der Waals surface area contributed by atoms with Crippen molar-refractivity contribution in [3.63, 3.8) is 0 Å². The molecule has 3 aliphatic rings. The fourth-order valence-electron chi connectivity index (χ4n) is 8.19. The van der Waals surface area contributed by atoms with E-state index in [2.05, 4.69) is 5.32 Å². The average molecular weight is 982 g/mol. The summed E-state index contributed by atoms with van der Waals surface area (Å²) in [5.41, 5.74) is -2.84. The van der Waals surface area contributed by atoms with Crippen molar-refractivity contribution in [2.24, 2.45) is 0 Å². The van der Waals surface area contributed by atoms with Crippen molar-refractivity contribution in [2.45, 2.75) is 71.4 Å². The highest BCUT2D eigenvalue weighted by Crippen LogP contribution is 2.47. The lowest BCUT2D eigenvalue weighted by atomic mass is 9.83. The summed E-state index contributed by atoms with van der Waals surface area (Å²) in [4.78, 5) is 28.4. The van der Waals surface area contributed by atoms with Gasteiger partial charge in [0.1, 0.15) is 35.7 Å². The highest BCUT2D eigenvalue weighted by atomic mass is 35.5. The van der Waals surface area contributed by atoms with E-state index in [1.165, 1.54) is 6.07 Å². The van der Waals surface area contributed by atoms with E-state index >= 15 is 13.2 Å². The molecule has 1 amide bonds. The number of unbranched alkanes of at least 4 members (excludes halogenated alkanes) is 3. The molecule has 3 aromatic carbocycles. The molecule has 6 rings (SSSR count). The van der Waals surface area contributed by atoms with Gasteiger partial charge in [0.2, 0.25) is 5.36 Å². The second-order valence-electron chi connectivity index (χ2n) is 17.0. The van der Waals surface area contributed by atoms with E-state index in [0.717, 1.165) is 31.3 Å². The zero-order valence-electron chi connectivity index (χ0n) is 37.4. The van der Waals surface area contributed by atoms with Crippen molar-refractivity contribution in [3.05, 3.63) is 97.8 Å². The molecule has 0 saturated heterocycles. The number of carbonyl (C=O) groups excluding carboxylic acids is 2. The average Bonchev–Trinajstić information content (AvgIpc) is 3.21. The molecule has 0 radical (unpaired) electrons. The van der Waals surface area contributed by atoms with Gasteiger partial charge >= 0.3 is 10.6 Å². The Kier molecular flexibility index (Phi) is 16.4. The number of carboxylic acid groups (broad SMARTS) is 1. The standard InChI is InChI=1S/C45H51ClF3N3O9S.O3S/c1-25-22-44(2,3)51(6)31-20-33-29(18-27(25)31)35(30-19-28-26(24-62(56,57)58)23-45(4,5)52(7)32(28)21-34(30)61-33)36-37(43(54)55)40(48)41(49)38(39(36)47)42(53)50-13-15-60-17-16-59-14-11-9-8-10-12-46;1-4(2)3/h18-23H,8-17,24H2,1-7H3,(H2-,50,53,54,55,56,57,58);. The van der Waals surface area contributed by atoms with Gasteiger partial charge in [0.15, 0.2) is 17.2 Å². The van der Waals surface area contributed by atoms with Crippen LogP contribution in [0.1, 0.15) is 103 Å². The molecule has 0 fully saturated rings. The van der Waals surface area contributed by atoms with E-state index in [9.17, 15) is 27.7 Å². The molecule has 3 aromatic rings. The van der Waals surface area contributed by atoms with E-state index in [4.69, 9.17) is 38.4 Å². The minimum atomic E-state index is -4.61. The number of halogens is 4. The molecule has 0 spiro atoms. The molecule has 0 aliphatic carbocycles. The van der Waals surface area contributed by atoms with Crippen LogP contribution in [0.4, 0.5) is 18.9 Å². The molecular weight excluding hydrogens is 931 g/mol. The summed E-state index contributed by atoms with van der Waals surface area (Å²) >= 11 is 5.69. The summed E-state index contributed by atoms with van der Waals surface area (Å²) in [6.45, 7) is 10.1. The lowest BCUT2D eigenvalue weighted by molar-refractivity contribution is -0.255. The summed E-state index contributed by atoms with van der Waals surface area (Å²) in [6, 6.07) is 6.27. The molecule has 0 aromatic heterocycles. The van der Waals surface area contributed by atoms with Gasteiger partial charge in [-0.05, 0) is 63.0 Å². The first-order chi connectivity index (χ1) is 30.8. The molecule has 66 heavy (non-hydrogen) atoms. The normalized spacial score (nSPS) is 15.5. The Bertz CT molecular complexity index is 2880. The number of alkyl halides is 1. The lowest BCUT2D eigenvalue weighted by Gasteiger charge is -2.41. The number of fused-ring (bicyclic) bond motifs is 4. The summed E-state index contributed by atoms with van der Waals surface area (Å²) in [5.74, 6) is -9.50. The van der Waals surface area contributed by atoms with Gasteiger partial charge in [0.25, 0.3) is 16.0 Å². The van der Waals surface area contributed by atoms with Crippen LogP contribution < -0.4 is 35.2 Å². The number of allylic oxidation sites excluding steroid dienone is 1. The summed E-state index contributed by atoms with van der Waals surface area (Å²) < 4.78 is 129. The molecule has 3 aliphatic heterocycles. The SMILES string of the molecule is CC1=CC(C)(C)N(C)c2cc3c(cc21)C(c1c(F)c(C(=O)NCCOCCOCCCCCCCl)c(F)c(F)c1C(=O)[O-])=c1cc2c(cc1O3)=[N+](C)C(C)(C)C=C2CS(=O)(=O)O.O=S(=O)=O. The number of hydrogen-bond acceptors (Lipinski definition) is 12. The molecule has 0 bridgehead atoms. The van der Waals surface area contributed by atoms with Gasteiger partial charge < -0.3 is 34.3 Å². The quantitative estimate of drug-likeness (QED) is 0.0501. The fourth-order valence-corrected chi connectivity index (χ4v) is 9.01. The maximum atomic E-state index is 17.4. The Morgan fingerprint density at radius 3 is 2.12 bits per heavy atom. The van der Waals surface area contributed by atoms with Gasteiger partial charge in [0, 0.05) is 84.7 Å². The molecule has 0 atom stereocenters. The van der Waals surface area contributed by atoms with Gasteiger partial charge in [-0.25, -0.2) is 17.7 Å². The first-order valence-electron chi connectivity index (χ1n) is 20.8. The Balaban J connectivity index is 0.00000196. The van der Waals surface area contributed by atoms with Crippen LogP contribution >= 0.6 is 11.6 Å². The predicted octanol–water partition coefficient (Wildman–Crippen LogP) is 4.19. The molecule has 0 saturated carbocycles. The largest absolute Gasteiger partial charge is 0.545 e. The second-order valence-corrected chi connectivity index (χ2v) is 19.2. The summed E-state index contributed by atoms with van der Waals surface area (Å²) in [5, 5.41) is 15.6. The third-order valence-corrected chi connectivity index (χ3v) is 12.6. The second kappa shape index (κ2) is 20.8. The number of anilines is 1. The van der Waals surface area contributed by atoms with E-state index in [1.807, 2.05) is 57.2 Å². The molecule has 0 unspecified atom stereocenters. The number of carbonyl (C=O) groups is 2. The van der Waals surface area contributed by atoms with Crippen molar-refractivity contribution in [3.8, 4) is 11.5 Å². The van der Waals surface area contributed by atoms with Gasteiger partial charge in [-0.3, -0.25) is 9.35 Å². The summed E-state index contributed by atoms with van der Waals surface area (Å²) in [6.07, 6.45) is 7.41. The first kappa shape index (κ1) is 51.9. The monoisotopic (exact) mass is 981 g/mol. The van der Waals surface area contributed by atoms with E-state index < -0.39 is 83.6 Å². The van der Waals surface area contributed by atoms with Crippen LogP contribution in [-0.2, 0) is 30.2 Å². The van der Waals surface area contributed by atoms with Crippen LogP contribution in [0.25, 0.3) is 16.7 Å². The first-order valence-corrected chi connectivity index (χ1v) is 23.9. The smallest absolute Gasteiger partial charge is 0.425 e. The fraction of sp³-hybridized carbons (Fsp3) is 0.444. The third kappa shape index (κ3) is 11.3. The van der Waals surface area contributed by atoms with Gasteiger partial charge in [-0.15, -0.1) is 24.2 Å². The number of rotatable bonds is 17. The van der Waals surface area contributed by atoms with E-state index in [0.29, 0.717) is 29.1 Å². The van der Waals surface area contributed by atoms with Crippen LogP contribution in [0.15, 0.2) is 36.4 Å². The zero-order chi connectivity index (χ0) is 49.1. The number of aromatic carboxylic acids is 1. The van der Waals surface area contributed by atoms with Crippen LogP contribution in [0.2, 0.25) is 0 Å². The van der Waals surface area contributed by atoms with Crippen LogP contribution in [0.5, 0.6) is 11.5 Å². The van der Waals surface area contributed by atoms with Crippen molar-refractivity contribution in [1.82, 2.24) is 9.89 Å². The molecule has 21 heteroatoms. The molecular formula is C45H51ClF3N3O12S2. The Morgan fingerprint density at radius 2 is 1.50 bits per heavy atom. The Hall–Kier alpha value is -5.12. The van der Waals surface area contributed by atoms with Crippen molar-refractivity contribution < 1.29 is 67.7 Å². The molecule has 3 heterocycles. The maximum Gasteiger partial charge on any atom is 0.425 e.